The summed E-state index contributed by atoms with van der Waals surface area (Å²) in [6, 6.07) is 0. The number of carbonyl (C=O) groups excluding carboxylic acids is 2. The molecule has 0 aliphatic carbocycles. The Labute approximate surface area is 103 Å². The van der Waals surface area contributed by atoms with Crippen LogP contribution in [-0.2, 0) is 19.1 Å². The van der Waals surface area contributed by atoms with Crippen molar-refractivity contribution in [2.24, 2.45) is 0 Å². The van der Waals surface area contributed by atoms with Gasteiger partial charge in [0, 0.05) is 11.6 Å². The Balaban J connectivity index is 0. The summed E-state index contributed by atoms with van der Waals surface area (Å²) in [7, 11) is 0. The fourth-order valence-corrected chi connectivity index (χ4v) is 0.580. The molecule has 0 saturated heterocycles. The standard InChI is InChI=1S/C7H12O2.C6H10O2/c1-4-5-9-7(8)6(2)3;1-3-5-8-6(7)4-2/h2,4-5H2,1,3H3;4H,2-3,5H2,1H3. The first-order valence-corrected chi connectivity index (χ1v) is 5.61. The predicted molar refractivity (Wildman–Crippen MR) is 67.5 cm³/mol. The molecule has 0 aromatic carbocycles. The molecule has 0 aromatic heterocycles. The van der Waals surface area contributed by atoms with Gasteiger partial charge in [-0.25, -0.2) is 9.59 Å². The van der Waals surface area contributed by atoms with Crippen molar-refractivity contribution in [1.29, 1.82) is 0 Å². The lowest BCUT2D eigenvalue weighted by Crippen LogP contribution is -2.04. The minimum absolute atomic E-state index is 0.295. The molecule has 0 bridgehead atoms. The van der Waals surface area contributed by atoms with Crippen molar-refractivity contribution >= 4 is 11.9 Å². The highest BCUT2D eigenvalue weighted by molar-refractivity contribution is 5.86. The Morgan fingerprint density at radius 2 is 1.59 bits per heavy atom. The van der Waals surface area contributed by atoms with Crippen LogP contribution in [0.25, 0.3) is 0 Å². The number of hydrogen-bond donors (Lipinski definition) is 0. The third-order valence-electron chi connectivity index (χ3n) is 1.40. The first-order chi connectivity index (χ1) is 7.99. The summed E-state index contributed by atoms with van der Waals surface area (Å²) in [6.45, 7) is 13.2. The Morgan fingerprint density at radius 3 is 1.94 bits per heavy atom. The zero-order valence-electron chi connectivity index (χ0n) is 11.0. The lowest BCUT2D eigenvalue weighted by atomic mass is 10.4. The SMILES string of the molecule is C=C(C)C(=O)OCCC.C=CC(=O)OCCC. The van der Waals surface area contributed by atoms with E-state index in [9.17, 15) is 9.59 Å². The van der Waals surface area contributed by atoms with Crippen LogP contribution in [0.2, 0.25) is 0 Å². The van der Waals surface area contributed by atoms with Gasteiger partial charge in [0.1, 0.15) is 0 Å². The quantitative estimate of drug-likeness (QED) is 0.530. The molecule has 0 heterocycles. The third-order valence-corrected chi connectivity index (χ3v) is 1.40. The maximum absolute atomic E-state index is 10.6. The van der Waals surface area contributed by atoms with Gasteiger partial charge in [0.25, 0.3) is 0 Å². The summed E-state index contributed by atoms with van der Waals surface area (Å²) in [5.74, 6) is -0.635. The maximum Gasteiger partial charge on any atom is 0.333 e. The van der Waals surface area contributed by atoms with Crippen molar-refractivity contribution in [2.45, 2.75) is 33.6 Å². The smallest absolute Gasteiger partial charge is 0.333 e. The molecule has 0 atom stereocenters. The summed E-state index contributed by atoms with van der Waals surface area (Å²) in [5.41, 5.74) is 0.462. The monoisotopic (exact) mass is 242 g/mol. The Morgan fingerprint density at radius 1 is 1.12 bits per heavy atom. The molecule has 0 fully saturated rings. The van der Waals surface area contributed by atoms with Crippen molar-refractivity contribution in [2.75, 3.05) is 13.2 Å². The minimum atomic E-state index is -0.341. The highest BCUT2D eigenvalue weighted by Crippen LogP contribution is 1.91. The van der Waals surface area contributed by atoms with Crippen molar-refractivity contribution in [3.05, 3.63) is 24.8 Å². The topological polar surface area (TPSA) is 52.6 Å². The molecule has 0 rings (SSSR count). The van der Waals surface area contributed by atoms with Crippen molar-refractivity contribution in [3.8, 4) is 0 Å². The van der Waals surface area contributed by atoms with E-state index in [0.29, 0.717) is 18.8 Å². The highest BCUT2D eigenvalue weighted by Gasteiger charge is 1.99. The molecule has 0 aliphatic heterocycles. The van der Waals surface area contributed by atoms with Crippen LogP contribution in [0, 0.1) is 0 Å². The average molecular weight is 242 g/mol. The van der Waals surface area contributed by atoms with Crippen LogP contribution in [0.5, 0.6) is 0 Å². The molecule has 0 spiro atoms. The lowest BCUT2D eigenvalue weighted by molar-refractivity contribution is -0.139. The number of carbonyl (C=O) groups is 2. The largest absolute Gasteiger partial charge is 0.463 e. The van der Waals surface area contributed by atoms with Gasteiger partial charge in [0.15, 0.2) is 0 Å². The van der Waals surface area contributed by atoms with Gasteiger partial charge in [-0.15, -0.1) is 0 Å². The van der Waals surface area contributed by atoms with Crippen LogP contribution in [0.1, 0.15) is 33.6 Å². The molecule has 0 saturated carbocycles. The normalized spacial score (nSPS) is 8.41. The molecule has 0 radical (unpaired) electrons. The second-order valence-electron chi connectivity index (χ2n) is 3.29. The van der Waals surface area contributed by atoms with Crippen molar-refractivity contribution in [1.82, 2.24) is 0 Å². The molecule has 98 valence electrons. The van der Waals surface area contributed by atoms with E-state index in [2.05, 4.69) is 17.9 Å². The second kappa shape index (κ2) is 12.5. The number of rotatable bonds is 6. The summed E-state index contributed by atoms with van der Waals surface area (Å²) >= 11 is 0. The van der Waals surface area contributed by atoms with E-state index >= 15 is 0 Å². The maximum atomic E-state index is 10.6. The molecule has 4 nitrogen and oxygen atoms in total. The molecular formula is C13H22O4. The Hall–Kier alpha value is -1.58. The molecule has 0 amide bonds. The van der Waals surface area contributed by atoms with Gasteiger partial charge in [0.05, 0.1) is 13.2 Å². The molecule has 17 heavy (non-hydrogen) atoms. The van der Waals surface area contributed by atoms with E-state index in [4.69, 9.17) is 4.74 Å². The van der Waals surface area contributed by atoms with Crippen LogP contribution in [0.15, 0.2) is 24.8 Å². The Kier molecular flexibility index (Phi) is 13.1. The molecule has 0 unspecified atom stereocenters. The van der Waals surface area contributed by atoms with Gasteiger partial charge in [-0.2, -0.15) is 0 Å². The van der Waals surface area contributed by atoms with Crippen LogP contribution < -0.4 is 0 Å². The first kappa shape index (κ1) is 17.8. The molecule has 4 heteroatoms. The fraction of sp³-hybridized carbons (Fsp3) is 0.538. The van der Waals surface area contributed by atoms with Gasteiger partial charge in [-0.1, -0.05) is 27.0 Å². The van der Waals surface area contributed by atoms with E-state index in [1.807, 2.05) is 13.8 Å². The second-order valence-corrected chi connectivity index (χ2v) is 3.29. The zero-order valence-corrected chi connectivity index (χ0v) is 11.0. The Bertz CT molecular complexity index is 256. The van der Waals surface area contributed by atoms with Gasteiger partial charge in [-0.3, -0.25) is 0 Å². The van der Waals surface area contributed by atoms with Gasteiger partial charge in [-0.05, 0) is 19.8 Å². The fourth-order valence-electron chi connectivity index (χ4n) is 0.580. The van der Waals surface area contributed by atoms with E-state index < -0.39 is 0 Å². The molecule has 0 N–H and O–H groups in total. The molecular weight excluding hydrogens is 220 g/mol. The number of ether oxygens (including phenoxy) is 2. The minimum Gasteiger partial charge on any atom is -0.463 e. The van der Waals surface area contributed by atoms with Crippen LogP contribution in [0.4, 0.5) is 0 Å². The highest BCUT2D eigenvalue weighted by atomic mass is 16.5. The number of hydrogen-bond acceptors (Lipinski definition) is 4. The van der Waals surface area contributed by atoms with Crippen LogP contribution in [-0.4, -0.2) is 25.2 Å². The van der Waals surface area contributed by atoms with Crippen LogP contribution in [0.3, 0.4) is 0 Å². The predicted octanol–water partition coefficient (Wildman–Crippen LogP) is 2.64. The van der Waals surface area contributed by atoms with E-state index in [-0.39, 0.29) is 11.9 Å². The number of esters is 2. The van der Waals surface area contributed by atoms with Gasteiger partial charge >= 0.3 is 11.9 Å². The summed E-state index contributed by atoms with van der Waals surface area (Å²) in [5, 5.41) is 0. The van der Waals surface area contributed by atoms with Crippen LogP contribution >= 0.6 is 0 Å². The van der Waals surface area contributed by atoms with Gasteiger partial charge < -0.3 is 9.47 Å². The van der Waals surface area contributed by atoms with Gasteiger partial charge in [0.2, 0.25) is 0 Å². The molecule has 0 aromatic rings. The first-order valence-electron chi connectivity index (χ1n) is 5.61. The zero-order chi connectivity index (χ0) is 13.7. The van der Waals surface area contributed by atoms with E-state index in [1.54, 1.807) is 6.92 Å². The van der Waals surface area contributed by atoms with Crippen molar-refractivity contribution < 1.29 is 19.1 Å². The summed E-state index contributed by atoms with van der Waals surface area (Å²) in [6.07, 6.45) is 2.88. The average Bonchev–Trinajstić information content (AvgIpc) is 2.33. The van der Waals surface area contributed by atoms with Crippen molar-refractivity contribution in [3.63, 3.8) is 0 Å². The van der Waals surface area contributed by atoms with E-state index in [1.165, 1.54) is 0 Å². The summed E-state index contributed by atoms with van der Waals surface area (Å²) < 4.78 is 9.30. The summed E-state index contributed by atoms with van der Waals surface area (Å²) in [4.78, 5) is 20.8. The van der Waals surface area contributed by atoms with E-state index in [0.717, 1.165) is 18.9 Å². The third kappa shape index (κ3) is 14.4. The molecule has 0 aliphatic rings. The lowest BCUT2D eigenvalue weighted by Gasteiger charge is -1.99.